The van der Waals surface area contributed by atoms with Crippen LogP contribution in [0.5, 0.6) is 5.75 Å². The van der Waals surface area contributed by atoms with Crippen molar-refractivity contribution in [1.29, 1.82) is 0 Å². The predicted molar refractivity (Wildman–Crippen MR) is 127 cm³/mol. The first kappa shape index (κ1) is 20.2. The zero-order chi connectivity index (χ0) is 22.1. The number of halogens is 1. The molecule has 0 bridgehead atoms. The second kappa shape index (κ2) is 8.45. The zero-order valence-corrected chi connectivity index (χ0v) is 18.4. The van der Waals surface area contributed by atoms with E-state index in [4.69, 9.17) is 20.8 Å². The minimum atomic E-state index is -0.239. The van der Waals surface area contributed by atoms with Gasteiger partial charge in [0.1, 0.15) is 21.8 Å². The largest absolute Gasteiger partial charge is 0.497 e. The smallest absolute Gasteiger partial charge is 0.291 e. The Balaban J connectivity index is 1.42. The third kappa shape index (κ3) is 3.95. The molecule has 0 aliphatic carbocycles. The van der Waals surface area contributed by atoms with Crippen molar-refractivity contribution in [3.63, 3.8) is 0 Å². The molecule has 2 aromatic carbocycles. The standard InChI is InChI=1S/C24H16ClN3O3S/c1-30-16-9-6-15(7-10-16)8-13-22-26-24-28(27-22)23(29)21(32-24)14-17-11-12-20(31-17)18-4-2-3-5-19(18)25/h2-14H,1H3. The lowest BCUT2D eigenvalue weighted by Crippen LogP contribution is -2.23. The maximum Gasteiger partial charge on any atom is 0.291 e. The number of methoxy groups -OCH3 is 1. The second-order valence-electron chi connectivity index (χ2n) is 6.87. The topological polar surface area (TPSA) is 69.6 Å². The van der Waals surface area contributed by atoms with Crippen LogP contribution in [-0.4, -0.2) is 21.7 Å². The summed E-state index contributed by atoms with van der Waals surface area (Å²) in [5.74, 6) is 2.45. The van der Waals surface area contributed by atoms with E-state index < -0.39 is 0 Å². The fraction of sp³-hybridized carbons (Fsp3) is 0.0417. The fourth-order valence-electron chi connectivity index (χ4n) is 3.17. The molecule has 0 fully saturated rings. The van der Waals surface area contributed by atoms with Crippen LogP contribution in [0.3, 0.4) is 0 Å². The summed E-state index contributed by atoms with van der Waals surface area (Å²) < 4.78 is 12.8. The van der Waals surface area contributed by atoms with Crippen LogP contribution in [0.4, 0.5) is 0 Å². The first-order valence-corrected chi connectivity index (χ1v) is 10.9. The van der Waals surface area contributed by atoms with Crippen LogP contribution in [0.25, 0.3) is 34.5 Å². The number of ether oxygens (including phenoxy) is 1. The first-order chi connectivity index (χ1) is 15.6. The van der Waals surface area contributed by atoms with Gasteiger partial charge in [0, 0.05) is 11.6 Å². The Bertz CT molecular complexity index is 1550. The highest BCUT2D eigenvalue weighted by molar-refractivity contribution is 7.15. The van der Waals surface area contributed by atoms with Crippen LogP contribution in [-0.2, 0) is 0 Å². The summed E-state index contributed by atoms with van der Waals surface area (Å²) in [6, 6.07) is 18.7. The molecule has 0 amide bonds. The van der Waals surface area contributed by atoms with E-state index in [0.29, 0.717) is 31.9 Å². The maximum absolute atomic E-state index is 12.8. The highest BCUT2D eigenvalue weighted by atomic mass is 35.5. The molecular formula is C24H16ClN3O3S. The van der Waals surface area contributed by atoms with Crippen molar-refractivity contribution in [3.8, 4) is 17.1 Å². The molecule has 0 aliphatic heterocycles. The van der Waals surface area contributed by atoms with Crippen molar-refractivity contribution in [2.45, 2.75) is 0 Å². The maximum atomic E-state index is 12.8. The fourth-order valence-corrected chi connectivity index (χ4v) is 4.29. The Hall–Kier alpha value is -3.68. The van der Waals surface area contributed by atoms with Gasteiger partial charge in [0.25, 0.3) is 5.56 Å². The van der Waals surface area contributed by atoms with Gasteiger partial charge in [-0.3, -0.25) is 4.79 Å². The van der Waals surface area contributed by atoms with Crippen LogP contribution in [0.1, 0.15) is 17.1 Å². The summed E-state index contributed by atoms with van der Waals surface area (Å²) in [5, 5.41) is 4.92. The van der Waals surface area contributed by atoms with Gasteiger partial charge < -0.3 is 9.15 Å². The molecule has 0 saturated heterocycles. The third-order valence-electron chi connectivity index (χ3n) is 4.78. The molecule has 0 atom stereocenters. The van der Waals surface area contributed by atoms with Crippen LogP contribution in [0, 0.1) is 0 Å². The molecule has 158 valence electrons. The van der Waals surface area contributed by atoms with Gasteiger partial charge in [-0.15, -0.1) is 5.10 Å². The Morgan fingerprint density at radius 1 is 1.06 bits per heavy atom. The Labute approximate surface area is 191 Å². The SMILES string of the molecule is COc1ccc(C=Cc2nc3sc(=Cc4ccc(-c5ccccc5Cl)o4)c(=O)n3n2)cc1. The van der Waals surface area contributed by atoms with Crippen LogP contribution in [0.2, 0.25) is 5.02 Å². The van der Waals surface area contributed by atoms with Crippen LogP contribution < -0.4 is 14.8 Å². The molecule has 3 heterocycles. The monoisotopic (exact) mass is 461 g/mol. The number of hydrogen-bond donors (Lipinski definition) is 0. The summed E-state index contributed by atoms with van der Waals surface area (Å²) in [7, 11) is 1.63. The molecule has 8 heteroatoms. The van der Waals surface area contributed by atoms with Crippen molar-refractivity contribution in [2.24, 2.45) is 0 Å². The first-order valence-electron chi connectivity index (χ1n) is 9.69. The third-order valence-corrected chi connectivity index (χ3v) is 6.07. The summed E-state index contributed by atoms with van der Waals surface area (Å²) in [6.07, 6.45) is 5.35. The van der Waals surface area contributed by atoms with Crippen LogP contribution in [0.15, 0.2) is 69.9 Å². The number of aromatic nitrogens is 3. The number of furan rings is 1. The van der Waals surface area contributed by atoms with Gasteiger partial charge in [0.05, 0.1) is 12.1 Å². The highest BCUT2D eigenvalue weighted by Gasteiger charge is 2.11. The quantitative estimate of drug-likeness (QED) is 0.376. The Kier molecular flexibility index (Phi) is 5.34. The van der Waals surface area contributed by atoms with E-state index in [1.165, 1.54) is 15.9 Å². The van der Waals surface area contributed by atoms with E-state index in [0.717, 1.165) is 16.9 Å². The van der Waals surface area contributed by atoms with E-state index >= 15 is 0 Å². The lowest BCUT2D eigenvalue weighted by Gasteiger charge is -1.98. The van der Waals surface area contributed by atoms with Gasteiger partial charge in [-0.25, -0.2) is 0 Å². The molecule has 0 saturated carbocycles. The van der Waals surface area contributed by atoms with E-state index in [-0.39, 0.29) is 5.56 Å². The summed E-state index contributed by atoms with van der Waals surface area (Å²) in [4.78, 5) is 17.7. The molecule has 32 heavy (non-hydrogen) atoms. The number of fused-ring (bicyclic) bond motifs is 1. The lowest BCUT2D eigenvalue weighted by molar-refractivity contribution is 0.415. The Morgan fingerprint density at radius 3 is 2.62 bits per heavy atom. The highest BCUT2D eigenvalue weighted by Crippen LogP contribution is 2.29. The van der Waals surface area contributed by atoms with Crippen molar-refractivity contribution in [1.82, 2.24) is 14.6 Å². The second-order valence-corrected chi connectivity index (χ2v) is 8.28. The molecule has 5 aromatic rings. The van der Waals surface area contributed by atoms with Gasteiger partial charge >= 0.3 is 0 Å². The number of benzene rings is 2. The van der Waals surface area contributed by atoms with Crippen molar-refractivity contribution in [2.75, 3.05) is 7.11 Å². The van der Waals surface area contributed by atoms with Gasteiger partial charge in [-0.05, 0) is 48.0 Å². The van der Waals surface area contributed by atoms with Crippen molar-refractivity contribution >= 4 is 46.1 Å². The lowest BCUT2D eigenvalue weighted by atomic mass is 10.2. The number of rotatable bonds is 5. The molecule has 6 nitrogen and oxygen atoms in total. The van der Waals surface area contributed by atoms with E-state index in [1.807, 2.05) is 54.6 Å². The van der Waals surface area contributed by atoms with E-state index in [1.54, 1.807) is 31.4 Å². The van der Waals surface area contributed by atoms with Crippen molar-refractivity contribution in [3.05, 3.63) is 97.7 Å². The average Bonchev–Trinajstić information content (AvgIpc) is 3.50. The molecule has 3 aromatic heterocycles. The molecule has 5 rings (SSSR count). The van der Waals surface area contributed by atoms with Crippen LogP contribution >= 0.6 is 22.9 Å². The molecule has 0 N–H and O–H groups in total. The van der Waals surface area contributed by atoms with Crippen molar-refractivity contribution < 1.29 is 9.15 Å². The summed E-state index contributed by atoms with van der Waals surface area (Å²) >= 11 is 7.50. The van der Waals surface area contributed by atoms with Gasteiger partial charge in [0.2, 0.25) is 4.96 Å². The van der Waals surface area contributed by atoms with Gasteiger partial charge in [-0.1, -0.05) is 53.3 Å². The predicted octanol–water partition coefficient (Wildman–Crippen LogP) is 4.79. The number of thiazole rings is 1. The molecule has 0 radical (unpaired) electrons. The molecule has 0 spiro atoms. The molecule has 0 unspecified atom stereocenters. The van der Waals surface area contributed by atoms with E-state index in [9.17, 15) is 4.79 Å². The van der Waals surface area contributed by atoms with Gasteiger partial charge in [-0.2, -0.15) is 9.50 Å². The minimum Gasteiger partial charge on any atom is -0.497 e. The average molecular weight is 462 g/mol. The zero-order valence-electron chi connectivity index (χ0n) is 16.9. The van der Waals surface area contributed by atoms with Gasteiger partial charge in [0.15, 0.2) is 5.82 Å². The summed E-state index contributed by atoms with van der Waals surface area (Å²) in [6.45, 7) is 0. The number of hydrogen-bond acceptors (Lipinski definition) is 6. The summed E-state index contributed by atoms with van der Waals surface area (Å²) in [5.41, 5.74) is 1.54. The Morgan fingerprint density at radius 2 is 1.88 bits per heavy atom. The number of nitrogens with zero attached hydrogens (tertiary/aromatic N) is 3. The minimum absolute atomic E-state index is 0.239. The normalized spacial score (nSPS) is 12.2. The molecular weight excluding hydrogens is 446 g/mol. The molecule has 0 aliphatic rings. The van der Waals surface area contributed by atoms with E-state index in [2.05, 4.69) is 10.1 Å².